The number of halogens is 1. The number of carbonyl (C=O) groups excluding carboxylic acids is 5. The highest BCUT2D eigenvalue weighted by molar-refractivity contribution is 6.31. The maximum atomic E-state index is 15.2. The van der Waals surface area contributed by atoms with Crippen molar-refractivity contribution in [2.45, 2.75) is 182 Å². The van der Waals surface area contributed by atoms with Gasteiger partial charge in [-0.2, -0.15) is 0 Å². The third-order valence-electron chi connectivity index (χ3n) is 12.6. The standard InChI is InChI=1S/C48H81ClN8O8/c1-13-19-37(39(58)43(61)52-30(3)14-2)53-42(60)38-26-48(11,65-55-31(4)33-22-18-23-34(49)24-33)28-57(38)44(62)40(46(5,6)7)54-41(59)36(32-20-16-15-17-21-32)25-35(51-12)27-56(50)29-64-45(63)47(8,9)10/h18,22-24,30,32,35-40,51,58H,13-17,19-21,25-29,50H2,1-12H3,(H,52,61)(H,53,60)(H,54,59)/b55-31+/t30?,35?,36-,37-,38-,39?,40+,48+/m0/s1. The Bertz CT molecular complexity index is 1780. The van der Waals surface area contributed by atoms with Crippen LogP contribution in [0.1, 0.15) is 146 Å². The molecule has 0 aromatic heterocycles. The van der Waals surface area contributed by atoms with Gasteiger partial charge >= 0.3 is 5.97 Å². The molecule has 1 heterocycles. The van der Waals surface area contributed by atoms with Crippen molar-refractivity contribution in [3.63, 3.8) is 0 Å². The van der Waals surface area contributed by atoms with Crippen molar-refractivity contribution in [2.24, 2.45) is 33.7 Å². The largest absolute Gasteiger partial charge is 0.448 e. The molecule has 65 heavy (non-hydrogen) atoms. The van der Waals surface area contributed by atoms with Crippen molar-refractivity contribution in [1.29, 1.82) is 0 Å². The molecule has 0 bridgehead atoms. The van der Waals surface area contributed by atoms with Gasteiger partial charge in [-0.15, -0.1) is 0 Å². The van der Waals surface area contributed by atoms with Crippen LogP contribution in [0, 0.1) is 22.7 Å². The highest BCUT2D eigenvalue weighted by atomic mass is 35.5. The Morgan fingerprint density at radius 1 is 1.03 bits per heavy atom. The molecule has 368 valence electrons. The van der Waals surface area contributed by atoms with E-state index in [9.17, 15) is 24.3 Å². The molecule has 7 N–H and O–H groups in total. The van der Waals surface area contributed by atoms with E-state index in [0.29, 0.717) is 43.0 Å². The van der Waals surface area contributed by atoms with Gasteiger partial charge in [0.2, 0.25) is 17.7 Å². The van der Waals surface area contributed by atoms with E-state index in [0.717, 1.165) is 37.7 Å². The topological polar surface area (TPSA) is 217 Å². The van der Waals surface area contributed by atoms with Gasteiger partial charge in [-0.3, -0.25) is 29.8 Å². The van der Waals surface area contributed by atoms with Crippen LogP contribution in [0.25, 0.3) is 0 Å². The van der Waals surface area contributed by atoms with E-state index in [-0.39, 0.29) is 49.6 Å². The number of hydrogen-bond donors (Lipinski definition) is 6. The fourth-order valence-corrected chi connectivity index (χ4v) is 8.63. The van der Waals surface area contributed by atoms with Crippen LogP contribution < -0.4 is 27.1 Å². The molecule has 4 amide bonds. The lowest BCUT2D eigenvalue weighted by Gasteiger charge is -2.38. The molecule has 0 radical (unpaired) electrons. The molecule has 2 fully saturated rings. The Morgan fingerprint density at radius 2 is 1.69 bits per heavy atom. The summed E-state index contributed by atoms with van der Waals surface area (Å²) >= 11 is 6.26. The molecular weight excluding hydrogens is 852 g/mol. The van der Waals surface area contributed by atoms with Crippen LogP contribution >= 0.6 is 11.6 Å². The molecule has 0 spiro atoms. The van der Waals surface area contributed by atoms with Gasteiger partial charge in [0.05, 0.1) is 23.7 Å². The summed E-state index contributed by atoms with van der Waals surface area (Å²) in [4.78, 5) is 77.7. The second-order valence-corrected chi connectivity index (χ2v) is 21.1. The number of nitrogens with two attached hydrogens (primary N) is 1. The summed E-state index contributed by atoms with van der Waals surface area (Å²) in [7, 11) is 1.80. The minimum Gasteiger partial charge on any atom is -0.448 e. The number of likely N-dealkylation sites (tertiary alicyclic amines) is 1. The number of esters is 1. The van der Waals surface area contributed by atoms with Crippen LogP contribution in [0.3, 0.4) is 0 Å². The molecule has 3 rings (SSSR count). The third kappa shape index (κ3) is 16.8. The minimum atomic E-state index is -1.53. The van der Waals surface area contributed by atoms with E-state index in [1.54, 1.807) is 59.9 Å². The third-order valence-corrected chi connectivity index (χ3v) is 12.9. The van der Waals surface area contributed by atoms with Gasteiger partial charge in [0.25, 0.3) is 5.91 Å². The number of rotatable bonds is 22. The average molecular weight is 934 g/mol. The summed E-state index contributed by atoms with van der Waals surface area (Å²) in [6.45, 7) is 20.3. The number of benzene rings is 1. The van der Waals surface area contributed by atoms with E-state index in [1.807, 2.05) is 47.6 Å². The van der Waals surface area contributed by atoms with Gasteiger partial charge in [-0.05, 0) is 104 Å². The van der Waals surface area contributed by atoms with Crippen LogP contribution in [-0.4, -0.2) is 119 Å². The number of ether oxygens (including phenoxy) is 1. The first-order valence-corrected chi connectivity index (χ1v) is 23.9. The van der Waals surface area contributed by atoms with E-state index in [2.05, 4.69) is 26.4 Å². The van der Waals surface area contributed by atoms with Gasteiger partial charge in [0.15, 0.2) is 18.4 Å². The molecule has 1 aliphatic heterocycles. The van der Waals surface area contributed by atoms with Crippen LogP contribution in [0.2, 0.25) is 5.02 Å². The van der Waals surface area contributed by atoms with Crippen molar-refractivity contribution >= 4 is 46.9 Å². The van der Waals surface area contributed by atoms with Crippen molar-refractivity contribution < 1.29 is 38.7 Å². The fourth-order valence-electron chi connectivity index (χ4n) is 8.44. The van der Waals surface area contributed by atoms with Gasteiger partial charge in [0.1, 0.15) is 12.1 Å². The fraction of sp³-hybridized carbons (Fsp3) is 0.750. The number of amides is 4. The van der Waals surface area contributed by atoms with Crippen molar-refractivity contribution in [3.05, 3.63) is 34.9 Å². The van der Waals surface area contributed by atoms with E-state index >= 15 is 4.79 Å². The number of nitrogens with zero attached hydrogens (tertiary/aromatic N) is 3. The molecule has 1 aromatic carbocycles. The first-order chi connectivity index (χ1) is 30.3. The first-order valence-electron chi connectivity index (χ1n) is 23.6. The number of aliphatic hydroxyl groups is 1. The van der Waals surface area contributed by atoms with E-state index < -0.39 is 64.3 Å². The highest BCUT2D eigenvalue weighted by Crippen LogP contribution is 2.36. The predicted molar refractivity (Wildman–Crippen MR) is 254 cm³/mol. The number of aliphatic hydroxyl groups excluding tert-OH is 1. The minimum absolute atomic E-state index is 0.0327. The number of hydrogen-bond acceptors (Lipinski definition) is 12. The monoisotopic (exact) mass is 933 g/mol. The van der Waals surface area contributed by atoms with Crippen molar-refractivity contribution in [1.82, 2.24) is 31.2 Å². The highest BCUT2D eigenvalue weighted by Gasteiger charge is 2.52. The lowest BCUT2D eigenvalue weighted by atomic mass is 9.76. The number of carbonyl (C=O) groups is 5. The molecule has 1 aromatic rings. The zero-order valence-electron chi connectivity index (χ0n) is 41.2. The Kier molecular flexibility index (Phi) is 21.2. The maximum Gasteiger partial charge on any atom is 0.312 e. The molecular formula is C48H81ClN8O8. The number of nitrogens with one attached hydrogen (secondary N) is 4. The SMILES string of the molecule is CCC[C@H](NC(=O)[C@@H]1C[C@@](C)(O/N=C(\C)c2cccc(Cl)c2)CN1C(=O)[C@@H](NC(=O)[C@@H](CC(CN(N)COC(=O)C(C)(C)C)NC)C1CCCCC1)C(C)(C)C)C(O)C(=O)NC(C)CC. The van der Waals surface area contributed by atoms with Crippen LogP contribution in [0.5, 0.6) is 0 Å². The van der Waals surface area contributed by atoms with Gasteiger partial charge in [-0.25, -0.2) is 5.01 Å². The summed E-state index contributed by atoms with van der Waals surface area (Å²) in [5.41, 5.74) is -1.38. The molecule has 17 heteroatoms. The molecule has 1 saturated carbocycles. The quantitative estimate of drug-likeness (QED) is 0.0284. The number of hydrazine groups is 1. The maximum absolute atomic E-state index is 15.2. The predicted octanol–water partition coefficient (Wildman–Crippen LogP) is 5.43. The van der Waals surface area contributed by atoms with E-state index in [4.69, 9.17) is 27.0 Å². The lowest BCUT2D eigenvalue weighted by Crippen LogP contribution is -2.60. The van der Waals surface area contributed by atoms with Gasteiger partial charge < -0.3 is 40.8 Å². The molecule has 2 aliphatic rings. The zero-order valence-corrected chi connectivity index (χ0v) is 42.0. The van der Waals surface area contributed by atoms with Crippen molar-refractivity contribution in [3.8, 4) is 0 Å². The van der Waals surface area contributed by atoms with Crippen LogP contribution in [0.15, 0.2) is 29.4 Å². The summed E-state index contributed by atoms with van der Waals surface area (Å²) in [5.74, 6) is 3.63. The summed E-state index contributed by atoms with van der Waals surface area (Å²) in [6.07, 6.45) is 5.21. The molecule has 1 aliphatic carbocycles. The Morgan fingerprint density at radius 3 is 2.26 bits per heavy atom. The van der Waals surface area contributed by atoms with Gasteiger partial charge in [0, 0.05) is 41.6 Å². The Labute approximate surface area is 393 Å². The number of likely N-dealkylation sites (N-methyl/N-ethyl adjacent to an activating group) is 1. The lowest BCUT2D eigenvalue weighted by molar-refractivity contribution is -0.158. The van der Waals surface area contributed by atoms with Crippen LogP contribution in [0.4, 0.5) is 0 Å². The first kappa shape index (κ1) is 55.5. The smallest absolute Gasteiger partial charge is 0.312 e. The molecule has 8 atom stereocenters. The second kappa shape index (κ2) is 24.8. The Hall–Kier alpha value is -3.83. The van der Waals surface area contributed by atoms with Crippen molar-refractivity contribution in [2.75, 3.05) is 26.9 Å². The Balaban J connectivity index is 1.98. The average Bonchev–Trinajstić information content (AvgIpc) is 3.61. The molecule has 3 unspecified atom stereocenters. The normalized spacial score (nSPS) is 21.4. The van der Waals surface area contributed by atoms with E-state index in [1.165, 1.54) is 9.91 Å². The number of oxime groups is 1. The summed E-state index contributed by atoms with van der Waals surface area (Å²) < 4.78 is 5.45. The summed E-state index contributed by atoms with van der Waals surface area (Å²) in [6, 6.07) is 3.62. The van der Waals surface area contributed by atoms with Gasteiger partial charge in [-0.1, -0.05) is 89.2 Å². The molecule has 1 saturated heterocycles. The summed E-state index contributed by atoms with van der Waals surface area (Å²) in [5, 5.41) is 29.8. The second-order valence-electron chi connectivity index (χ2n) is 20.7. The molecule has 16 nitrogen and oxygen atoms in total. The van der Waals surface area contributed by atoms with Crippen LogP contribution in [-0.2, 0) is 33.5 Å². The zero-order chi connectivity index (χ0) is 48.9.